The fourth-order valence-corrected chi connectivity index (χ4v) is 2.60. The summed E-state index contributed by atoms with van der Waals surface area (Å²) in [6.45, 7) is 6.90. The minimum absolute atomic E-state index is 0.0577. The molecule has 5 heteroatoms. The number of nitrogens with zero attached hydrogens (tertiary/aromatic N) is 1. The molecule has 0 N–H and O–H groups in total. The van der Waals surface area contributed by atoms with E-state index in [2.05, 4.69) is 0 Å². The second-order valence-corrected chi connectivity index (χ2v) is 4.97. The van der Waals surface area contributed by atoms with Crippen LogP contribution in [0.1, 0.15) is 20.8 Å². The quantitative estimate of drug-likeness (QED) is 0.460. The van der Waals surface area contributed by atoms with Crippen LogP contribution in [0.2, 0.25) is 0 Å². The highest BCUT2D eigenvalue weighted by Gasteiger charge is 2.52. The second-order valence-electron chi connectivity index (χ2n) is 4.97. The summed E-state index contributed by atoms with van der Waals surface area (Å²) in [7, 11) is 0. The van der Waals surface area contributed by atoms with Crippen molar-refractivity contribution in [3.63, 3.8) is 0 Å². The number of amides is 1. The zero-order chi connectivity index (χ0) is 12.2. The molecule has 3 aliphatic heterocycles. The lowest BCUT2D eigenvalue weighted by Crippen LogP contribution is -2.68. The number of hydrogen-bond donors (Lipinski definition) is 0. The molecule has 3 heterocycles. The van der Waals surface area contributed by atoms with E-state index in [-0.39, 0.29) is 30.6 Å². The third-order valence-electron chi connectivity index (χ3n) is 3.52. The Labute approximate surface area is 100 Å². The van der Waals surface area contributed by atoms with Gasteiger partial charge in [0.15, 0.2) is 12.5 Å². The van der Waals surface area contributed by atoms with Crippen LogP contribution >= 0.6 is 0 Å². The van der Waals surface area contributed by atoms with Gasteiger partial charge < -0.3 is 19.1 Å². The molecule has 94 valence electrons. The van der Waals surface area contributed by atoms with E-state index in [4.69, 9.17) is 14.2 Å². The van der Waals surface area contributed by atoms with Gasteiger partial charge >= 0.3 is 0 Å². The maximum absolute atomic E-state index is 11.9. The van der Waals surface area contributed by atoms with Gasteiger partial charge in [0, 0.05) is 0 Å². The van der Waals surface area contributed by atoms with Crippen LogP contribution in [0.4, 0.5) is 0 Å². The van der Waals surface area contributed by atoms with Crippen molar-refractivity contribution in [3.8, 4) is 0 Å². The maximum Gasteiger partial charge on any atom is 0.256 e. The molecule has 5 nitrogen and oxygen atoms in total. The molecule has 3 aliphatic rings. The standard InChI is InChI=1S/C12H17NO4/c1-6(2)10-11(14)13-4-8-9(17-12(10)13)5-15-7(3)16-8/h7-9,12H,4-5H2,1-3H3/t7-,8+,9+,12+/m0/s1. The van der Waals surface area contributed by atoms with Crippen LogP contribution in [-0.4, -0.2) is 48.7 Å². The van der Waals surface area contributed by atoms with E-state index in [1.807, 2.05) is 20.8 Å². The van der Waals surface area contributed by atoms with Gasteiger partial charge in [-0.2, -0.15) is 0 Å². The third kappa shape index (κ3) is 1.61. The van der Waals surface area contributed by atoms with Crippen molar-refractivity contribution in [2.75, 3.05) is 13.2 Å². The molecular formula is C12H17NO4. The van der Waals surface area contributed by atoms with E-state index >= 15 is 0 Å². The summed E-state index contributed by atoms with van der Waals surface area (Å²) in [6.07, 6.45) is -0.516. The summed E-state index contributed by atoms with van der Waals surface area (Å²) >= 11 is 0. The van der Waals surface area contributed by atoms with Crippen LogP contribution in [0.15, 0.2) is 11.1 Å². The minimum Gasteiger partial charge on any atom is -0.350 e. The number of allylic oxidation sites excluding steroid dienone is 1. The number of carbonyl (C=O) groups is 1. The normalized spacial score (nSPS) is 40.5. The highest BCUT2D eigenvalue weighted by molar-refractivity contribution is 6.02. The number of β-lactam (4-membered cyclic amide) rings is 1. The zero-order valence-corrected chi connectivity index (χ0v) is 10.3. The Bertz CT molecular complexity index is 388. The van der Waals surface area contributed by atoms with E-state index in [0.717, 1.165) is 11.1 Å². The van der Waals surface area contributed by atoms with Gasteiger partial charge in [-0.25, -0.2) is 0 Å². The molecule has 0 aromatic rings. The van der Waals surface area contributed by atoms with E-state index < -0.39 is 0 Å². The van der Waals surface area contributed by atoms with Crippen molar-refractivity contribution >= 4 is 5.91 Å². The molecule has 0 bridgehead atoms. The predicted molar refractivity (Wildman–Crippen MR) is 59.0 cm³/mol. The molecule has 3 rings (SSSR count). The molecule has 0 aromatic heterocycles. The van der Waals surface area contributed by atoms with Crippen molar-refractivity contribution < 1.29 is 19.0 Å². The molecule has 3 fully saturated rings. The molecule has 4 atom stereocenters. The fraction of sp³-hybridized carbons (Fsp3) is 0.750. The Morgan fingerprint density at radius 1 is 1.29 bits per heavy atom. The smallest absolute Gasteiger partial charge is 0.256 e. The molecule has 17 heavy (non-hydrogen) atoms. The maximum atomic E-state index is 11.9. The number of fused-ring (bicyclic) bond motifs is 2. The van der Waals surface area contributed by atoms with Crippen LogP contribution in [0, 0.1) is 0 Å². The Kier molecular flexibility index (Phi) is 2.50. The topological polar surface area (TPSA) is 48.0 Å². The molecule has 0 unspecified atom stereocenters. The average Bonchev–Trinajstić information content (AvgIpc) is 2.27. The summed E-state index contributed by atoms with van der Waals surface area (Å²) < 4.78 is 16.9. The fourth-order valence-electron chi connectivity index (χ4n) is 2.60. The lowest BCUT2D eigenvalue weighted by atomic mass is 9.94. The van der Waals surface area contributed by atoms with E-state index in [9.17, 15) is 4.79 Å². The lowest BCUT2D eigenvalue weighted by molar-refractivity contribution is -0.299. The summed E-state index contributed by atoms with van der Waals surface area (Å²) in [5.74, 6) is 0.0798. The number of hydrogen-bond acceptors (Lipinski definition) is 4. The molecule has 3 saturated heterocycles. The van der Waals surface area contributed by atoms with Crippen molar-refractivity contribution in [1.29, 1.82) is 0 Å². The first kappa shape index (κ1) is 11.2. The SMILES string of the molecule is CC(C)=C1C(=O)N2C[C@H]3O[C@@H](C)OC[C@H]3O[C@H]12. The lowest BCUT2D eigenvalue weighted by Gasteiger charge is -2.52. The van der Waals surface area contributed by atoms with Gasteiger partial charge in [0.1, 0.15) is 12.2 Å². The second kappa shape index (κ2) is 3.80. The van der Waals surface area contributed by atoms with Gasteiger partial charge in [0.25, 0.3) is 5.91 Å². The van der Waals surface area contributed by atoms with Crippen LogP contribution in [0.5, 0.6) is 0 Å². The third-order valence-corrected chi connectivity index (χ3v) is 3.52. The molecule has 0 aliphatic carbocycles. The predicted octanol–water partition coefficient (Wildman–Crippen LogP) is 0.651. The molecule has 0 spiro atoms. The van der Waals surface area contributed by atoms with Crippen LogP contribution in [0.25, 0.3) is 0 Å². The molecule has 0 radical (unpaired) electrons. The Morgan fingerprint density at radius 3 is 2.76 bits per heavy atom. The Balaban J connectivity index is 1.78. The number of ether oxygens (including phenoxy) is 3. The summed E-state index contributed by atoms with van der Waals surface area (Å²) in [5.41, 5.74) is 1.82. The highest BCUT2D eigenvalue weighted by atomic mass is 16.7. The number of rotatable bonds is 0. The van der Waals surface area contributed by atoms with Gasteiger partial charge in [-0.1, -0.05) is 5.57 Å². The zero-order valence-electron chi connectivity index (χ0n) is 10.3. The number of carbonyl (C=O) groups excluding carboxylic acids is 1. The van der Waals surface area contributed by atoms with Gasteiger partial charge in [0.05, 0.1) is 18.7 Å². The summed E-state index contributed by atoms with van der Waals surface area (Å²) in [5, 5.41) is 0. The van der Waals surface area contributed by atoms with E-state index in [0.29, 0.717) is 13.2 Å². The van der Waals surface area contributed by atoms with Crippen molar-refractivity contribution in [2.24, 2.45) is 0 Å². The van der Waals surface area contributed by atoms with Crippen molar-refractivity contribution in [3.05, 3.63) is 11.1 Å². The average molecular weight is 239 g/mol. The van der Waals surface area contributed by atoms with Gasteiger partial charge in [-0.05, 0) is 20.8 Å². The van der Waals surface area contributed by atoms with Crippen molar-refractivity contribution in [1.82, 2.24) is 4.90 Å². The molecule has 0 aromatic carbocycles. The van der Waals surface area contributed by atoms with Gasteiger partial charge in [0.2, 0.25) is 0 Å². The Hall–Kier alpha value is -0.910. The largest absolute Gasteiger partial charge is 0.350 e. The molecule has 1 amide bonds. The first-order chi connectivity index (χ1) is 8.08. The minimum atomic E-state index is -0.212. The summed E-state index contributed by atoms with van der Waals surface area (Å²) in [4.78, 5) is 13.6. The first-order valence-electron chi connectivity index (χ1n) is 5.99. The first-order valence-corrected chi connectivity index (χ1v) is 5.99. The van der Waals surface area contributed by atoms with Crippen molar-refractivity contribution in [2.45, 2.75) is 45.5 Å². The van der Waals surface area contributed by atoms with Crippen LogP contribution in [-0.2, 0) is 19.0 Å². The highest BCUT2D eigenvalue weighted by Crippen LogP contribution is 2.36. The molecule has 0 saturated carbocycles. The van der Waals surface area contributed by atoms with Gasteiger partial charge in [-0.15, -0.1) is 0 Å². The monoisotopic (exact) mass is 239 g/mol. The van der Waals surface area contributed by atoms with Crippen LogP contribution < -0.4 is 0 Å². The van der Waals surface area contributed by atoms with E-state index in [1.165, 1.54) is 0 Å². The van der Waals surface area contributed by atoms with Crippen LogP contribution in [0.3, 0.4) is 0 Å². The van der Waals surface area contributed by atoms with E-state index in [1.54, 1.807) is 4.90 Å². The van der Waals surface area contributed by atoms with Gasteiger partial charge in [-0.3, -0.25) is 4.79 Å². The Morgan fingerprint density at radius 2 is 2.06 bits per heavy atom. The summed E-state index contributed by atoms with van der Waals surface area (Å²) in [6, 6.07) is 0. The molecular weight excluding hydrogens is 222 g/mol.